The average molecular weight is 276 g/mol. The molecule has 0 fully saturated rings. The minimum absolute atomic E-state index is 0.0278. The Morgan fingerprint density at radius 2 is 1.57 bits per heavy atom. The molecule has 0 aromatic heterocycles. The Balaban J connectivity index is 1.76. The number of rotatable bonds is 3. The summed E-state index contributed by atoms with van der Waals surface area (Å²) in [4.78, 5) is 11.8. The molecule has 1 amide bonds. The van der Waals surface area contributed by atoms with Crippen LogP contribution in [-0.4, -0.2) is 11.6 Å². The third-order valence-corrected chi connectivity index (χ3v) is 3.32. The van der Waals surface area contributed by atoms with E-state index < -0.39 is 0 Å². The third kappa shape index (κ3) is 3.08. The summed E-state index contributed by atoms with van der Waals surface area (Å²) in [6.07, 6.45) is 4.54. The van der Waals surface area contributed by atoms with Crippen LogP contribution in [0, 0.1) is 0 Å². The van der Waals surface area contributed by atoms with Crippen LogP contribution < -0.4 is 5.01 Å². The van der Waals surface area contributed by atoms with Crippen molar-refractivity contribution in [2.24, 2.45) is 5.10 Å². The van der Waals surface area contributed by atoms with Crippen molar-refractivity contribution in [1.29, 1.82) is 0 Å². The van der Waals surface area contributed by atoms with Crippen LogP contribution in [0.15, 0.2) is 59.7 Å². The van der Waals surface area contributed by atoms with Crippen LogP contribution in [0.1, 0.15) is 24.5 Å². The lowest BCUT2D eigenvalue weighted by Crippen LogP contribution is -2.19. The molecule has 3 nitrogen and oxygen atoms in total. The number of hydrazone groups is 1. The highest BCUT2D eigenvalue weighted by Gasteiger charge is 2.22. The van der Waals surface area contributed by atoms with E-state index in [0.717, 1.165) is 22.5 Å². The number of carbonyl (C=O) groups excluding carboxylic acids is 1. The molecule has 1 heterocycles. The van der Waals surface area contributed by atoms with Gasteiger partial charge in [0.05, 0.1) is 12.1 Å². The van der Waals surface area contributed by atoms with Crippen molar-refractivity contribution in [3.8, 4) is 0 Å². The van der Waals surface area contributed by atoms with E-state index in [-0.39, 0.29) is 5.91 Å². The first-order valence-corrected chi connectivity index (χ1v) is 6.92. The van der Waals surface area contributed by atoms with Gasteiger partial charge in [0.25, 0.3) is 5.91 Å². The van der Waals surface area contributed by atoms with Crippen molar-refractivity contribution in [3.05, 3.63) is 65.7 Å². The second kappa shape index (κ2) is 5.75. The maximum atomic E-state index is 11.8. The van der Waals surface area contributed by atoms with Gasteiger partial charge in [-0.1, -0.05) is 54.6 Å². The summed E-state index contributed by atoms with van der Waals surface area (Å²) in [7, 11) is 0. The molecule has 2 aromatic carbocycles. The topological polar surface area (TPSA) is 32.7 Å². The van der Waals surface area contributed by atoms with Gasteiger partial charge >= 0.3 is 0 Å². The fourth-order valence-electron chi connectivity index (χ4n) is 2.24. The number of benzene rings is 2. The first-order valence-electron chi connectivity index (χ1n) is 6.92. The molecule has 0 saturated heterocycles. The van der Waals surface area contributed by atoms with Gasteiger partial charge in [-0.15, -0.1) is 0 Å². The van der Waals surface area contributed by atoms with Gasteiger partial charge in [0.2, 0.25) is 0 Å². The molecule has 2 aromatic rings. The van der Waals surface area contributed by atoms with Crippen LogP contribution >= 0.6 is 0 Å². The summed E-state index contributed by atoms with van der Waals surface area (Å²) in [5.74, 6) is 0.0278. The largest absolute Gasteiger partial charge is 0.272 e. The predicted octanol–water partition coefficient (Wildman–Crippen LogP) is 3.97. The van der Waals surface area contributed by atoms with E-state index in [1.165, 1.54) is 5.01 Å². The Labute approximate surface area is 124 Å². The van der Waals surface area contributed by atoms with Crippen molar-refractivity contribution in [1.82, 2.24) is 0 Å². The van der Waals surface area contributed by atoms with Gasteiger partial charge in [0.15, 0.2) is 0 Å². The molecule has 3 rings (SSSR count). The Hall–Kier alpha value is -2.68. The summed E-state index contributed by atoms with van der Waals surface area (Å²) in [5.41, 5.74) is 3.92. The average Bonchev–Trinajstić information content (AvgIpc) is 2.85. The fourth-order valence-corrected chi connectivity index (χ4v) is 2.24. The summed E-state index contributed by atoms with van der Waals surface area (Å²) in [6.45, 7) is 1.87. The van der Waals surface area contributed by atoms with E-state index in [2.05, 4.69) is 29.4 Å². The van der Waals surface area contributed by atoms with E-state index in [9.17, 15) is 4.79 Å². The molecule has 21 heavy (non-hydrogen) atoms. The lowest BCUT2D eigenvalue weighted by atomic mass is 10.1. The van der Waals surface area contributed by atoms with Crippen LogP contribution in [0.4, 0.5) is 5.69 Å². The van der Waals surface area contributed by atoms with E-state index in [0.29, 0.717) is 6.42 Å². The molecular formula is C18H16N2O. The van der Waals surface area contributed by atoms with Crippen molar-refractivity contribution in [2.75, 3.05) is 5.01 Å². The van der Waals surface area contributed by atoms with Gasteiger partial charge < -0.3 is 0 Å². The Morgan fingerprint density at radius 3 is 2.14 bits per heavy atom. The van der Waals surface area contributed by atoms with Crippen molar-refractivity contribution in [3.63, 3.8) is 0 Å². The number of hydrogen-bond acceptors (Lipinski definition) is 2. The summed E-state index contributed by atoms with van der Waals surface area (Å²) in [6, 6.07) is 18.0. The van der Waals surface area contributed by atoms with E-state index in [1.54, 1.807) is 0 Å². The normalized spacial score (nSPS) is 14.8. The highest BCUT2D eigenvalue weighted by atomic mass is 16.2. The van der Waals surface area contributed by atoms with Gasteiger partial charge in [-0.3, -0.25) is 4.79 Å². The highest BCUT2D eigenvalue weighted by molar-refractivity contribution is 6.12. The van der Waals surface area contributed by atoms with Crippen LogP contribution in [0.3, 0.4) is 0 Å². The number of hydrogen-bond donors (Lipinski definition) is 0. The Bertz CT molecular complexity index is 700. The van der Waals surface area contributed by atoms with Gasteiger partial charge in [0.1, 0.15) is 0 Å². The smallest absolute Gasteiger partial charge is 0.253 e. The summed E-state index contributed by atoms with van der Waals surface area (Å²) in [5, 5.41) is 5.72. The maximum Gasteiger partial charge on any atom is 0.253 e. The van der Waals surface area contributed by atoms with Crippen LogP contribution in [-0.2, 0) is 4.79 Å². The van der Waals surface area contributed by atoms with Gasteiger partial charge in [-0.25, -0.2) is 5.01 Å². The molecule has 0 saturated carbocycles. The standard InChI is InChI=1S/C18H16N2O/c1-14-13-18(21)20(19-14)17-11-9-16(10-12-17)8-7-15-5-3-2-4-6-15/h2-12H,13H2,1H3. The number of anilines is 1. The lowest BCUT2D eigenvalue weighted by Gasteiger charge is -2.11. The molecule has 0 atom stereocenters. The van der Waals surface area contributed by atoms with Crippen LogP contribution in [0.25, 0.3) is 12.2 Å². The minimum atomic E-state index is 0.0278. The zero-order chi connectivity index (χ0) is 14.7. The van der Waals surface area contributed by atoms with Gasteiger partial charge in [-0.2, -0.15) is 5.10 Å². The number of amides is 1. The summed E-state index contributed by atoms with van der Waals surface area (Å²) < 4.78 is 0. The van der Waals surface area contributed by atoms with Gasteiger partial charge in [-0.05, 0) is 30.2 Å². The molecule has 0 unspecified atom stereocenters. The first kappa shape index (κ1) is 13.3. The molecule has 1 aliphatic rings. The second-order valence-corrected chi connectivity index (χ2v) is 5.05. The first-order chi connectivity index (χ1) is 10.2. The zero-order valence-corrected chi connectivity index (χ0v) is 11.9. The summed E-state index contributed by atoms with van der Waals surface area (Å²) >= 11 is 0. The van der Waals surface area contributed by atoms with Crippen LogP contribution in [0.5, 0.6) is 0 Å². The molecule has 104 valence electrons. The van der Waals surface area contributed by atoms with Crippen molar-refractivity contribution < 1.29 is 4.79 Å². The van der Waals surface area contributed by atoms with E-state index in [1.807, 2.05) is 49.4 Å². The van der Waals surface area contributed by atoms with Crippen LogP contribution in [0.2, 0.25) is 0 Å². The van der Waals surface area contributed by atoms with E-state index in [4.69, 9.17) is 0 Å². The SMILES string of the molecule is CC1=NN(c2ccc(C=Cc3ccccc3)cc2)C(=O)C1. The second-order valence-electron chi connectivity index (χ2n) is 5.05. The lowest BCUT2D eigenvalue weighted by molar-refractivity contribution is -0.116. The Morgan fingerprint density at radius 1 is 0.952 bits per heavy atom. The molecule has 0 N–H and O–H groups in total. The minimum Gasteiger partial charge on any atom is -0.272 e. The third-order valence-electron chi connectivity index (χ3n) is 3.32. The molecule has 0 bridgehead atoms. The Kier molecular flexibility index (Phi) is 3.65. The van der Waals surface area contributed by atoms with Crippen molar-refractivity contribution in [2.45, 2.75) is 13.3 Å². The van der Waals surface area contributed by atoms with Crippen molar-refractivity contribution >= 4 is 29.5 Å². The number of carbonyl (C=O) groups is 1. The molecule has 0 aliphatic carbocycles. The highest BCUT2D eigenvalue weighted by Crippen LogP contribution is 2.21. The quantitative estimate of drug-likeness (QED) is 0.781. The van der Waals surface area contributed by atoms with E-state index >= 15 is 0 Å². The number of nitrogens with zero attached hydrogens (tertiary/aromatic N) is 2. The maximum absolute atomic E-state index is 11.8. The molecular weight excluding hydrogens is 260 g/mol. The zero-order valence-electron chi connectivity index (χ0n) is 11.9. The fraction of sp³-hybridized carbons (Fsp3) is 0.111. The monoisotopic (exact) mass is 276 g/mol. The predicted molar refractivity (Wildman–Crippen MR) is 87.0 cm³/mol. The molecule has 3 heteroatoms. The van der Waals surface area contributed by atoms with Gasteiger partial charge in [0, 0.05) is 5.71 Å². The molecule has 0 radical (unpaired) electrons. The molecule has 0 spiro atoms. The molecule has 1 aliphatic heterocycles.